The van der Waals surface area contributed by atoms with E-state index in [1.165, 1.54) is 0 Å². The predicted molar refractivity (Wildman–Crippen MR) is 108 cm³/mol. The molecule has 1 N–H and O–H groups in total. The highest BCUT2D eigenvalue weighted by Gasteiger charge is 2.23. The second-order valence-corrected chi connectivity index (χ2v) is 6.21. The molecule has 0 aliphatic carbocycles. The smallest absolute Gasteiger partial charge is 0.360 e. The SMILES string of the molecule is COc1ccc(B(O)c2ccc(OC)c3ccccc23)c2ccccc12. The number of hydrogen-bond acceptors (Lipinski definition) is 3. The summed E-state index contributed by atoms with van der Waals surface area (Å²) in [4.78, 5) is 0. The maximum Gasteiger partial charge on any atom is 0.360 e. The van der Waals surface area contributed by atoms with E-state index in [-0.39, 0.29) is 0 Å². The van der Waals surface area contributed by atoms with Crippen molar-refractivity contribution >= 4 is 39.4 Å². The van der Waals surface area contributed by atoms with E-state index < -0.39 is 6.92 Å². The largest absolute Gasteiger partial charge is 0.496 e. The molecule has 0 saturated carbocycles. The molecule has 0 saturated heterocycles. The van der Waals surface area contributed by atoms with E-state index in [2.05, 4.69) is 0 Å². The topological polar surface area (TPSA) is 38.7 Å². The van der Waals surface area contributed by atoms with Gasteiger partial charge >= 0.3 is 6.92 Å². The Labute approximate surface area is 152 Å². The molecule has 4 aromatic carbocycles. The molecule has 0 spiro atoms. The van der Waals surface area contributed by atoms with Gasteiger partial charge in [0, 0.05) is 10.8 Å². The van der Waals surface area contributed by atoms with Gasteiger partial charge in [-0.05, 0) is 33.8 Å². The summed E-state index contributed by atoms with van der Waals surface area (Å²) in [6, 6.07) is 23.6. The Kier molecular flexibility index (Phi) is 4.27. The van der Waals surface area contributed by atoms with Crippen LogP contribution in [0.3, 0.4) is 0 Å². The monoisotopic (exact) mass is 342 g/mol. The van der Waals surface area contributed by atoms with Gasteiger partial charge in [0.2, 0.25) is 0 Å². The van der Waals surface area contributed by atoms with Crippen molar-refractivity contribution in [2.75, 3.05) is 14.2 Å². The zero-order chi connectivity index (χ0) is 18.1. The van der Waals surface area contributed by atoms with E-state index in [4.69, 9.17) is 9.47 Å². The van der Waals surface area contributed by atoms with Crippen LogP contribution in [0.4, 0.5) is 0 Å². The van der Waals surface area contributed by atoms with Crippen molar-refractivity contribution in [1.29, 1.82) is 0 Å². The van der Waals surface area contributed by atoms with Gasteiger partial charge in [-0.3, -0.25) is 0 Å². The average Bonchev–Trinajstić information content (AvgIpc) is 2.71. The molecular formula is C22H19BO3. The normalized spacial score (nSPS) is 10.9. The van der Waals surface area contributed by atoms with Crippen LogP contribution in [0.15, 0.2) is 72.8 Å². The van der Waals surface area contributed by atoms with Gasteiger partial charge in [0.05, 0.1) is 14.2 Å². The maximum absolute atomic E-state index is 11.2. The lowest BCUT2D eigenvalue weighted by Gasteiger charge is -2.16. The van der Waals surface area contributed by atoms with E-state index in [9.17, 15) is 5.02 Å². The molecule has 0 fully saturated rings. The van der Waals surface area contributed by atoms with Crippen LogP contribution in [0.2, 0.25) is 0 Å². The molecule has 0 bridgehead atoms. The van der Waals surface area contributed by atoms with Crippen molar-refractivity contribution in [2.45, 2.75) is 0 Å². The van der Waals surface area contributed by atoms with Crippen LogP contribution in [0.25, 0.3) is 21.5 Å². The second kappa shape index (κ2) is 6.73. The first-order valence-electron chi connectivity index (χ1n) is 8.54. The Bertz CT molecular complexity index is 1000. The van der Waals surface area contributed by atoms with Crippen LogP contribution in [-0.4, -0.2) is 26.2 Å². The van der Waals surface area contributed by atoms with E-state index in [1.54, 1.807) is 14.2 Å². The van der Waals surface area contributed by atoms with Crippen LogP contribution < -0.4 is 20.4 Å². The Morgan fingerprint density at radius 1 is 0.577 bits per heavy atom. The molecule has 0 aliphatic rings. The van der Waals surface area contributed by atoms with Crippen molar-refractivity contribution in [3.8, 4) is 11.5 Å². The van der Waals surface area contributed by atoms with Crippen LogP contribution in [0.1, 0.15) is 0 Å². The van der Waals surface area contributed by atoms with Gasteiger partial charge in [0.1, 0.15) is 11.5 Å². The molecule has 0 aromatic heterocycles. The number of methoxy groups -OCH3 is 2. The first-order valence-corrected chi connectivity index (χ1v) is 8.54. The number of benzene rings is 4. The Morgan fingerprint density at radius 2 is 0.962 bits per heavy atom. The molecule has 4 heteroatoms. The van der Waals surface area contributed by atoms with Crippen molar-refractivity contribution in [3.63, 3.8) is 0 Å². The lowest BCUT2D eigenvalue weighted by Crippen LogP contribution is -2.43. The average molecular weight is 342 g/mol. The van der Waals surface area contributed by atoms with Crippen molar-refractivity contribution < 1.29 is 14.5 Å². The molecule has 0 radical (unpaired) electrons. The minimum atomic E-state index is -0.749. The summed E-state index contributed by atoms with van der Waals surface area (Å²) in [5.41, 5.74) is 1.72. The second-order valence-electron chi connectivity index (χ2n) is 6.21. The van der Waals surface area contributed by atoms with Gasteiger partial charge in [-0.2, -0.15) is 0 Å². The summed E-state index contributed by atoms with van der Waals surface area (Å²) in [5.74, 6) is 1.60. The zero-order valence-electron chi connectivity index (χ0n) is 14.8. The Morgan fingerprint density at radius 3 is 1.35 bits per heavy atom. The molecule has 3 nitrogen and oxygen atoms in total. The molecule has 0 heterocycles. The summed E-state index contributed by atoms with van der Waals surface area (Å²) in [7, 11) is 3.32. The van der Waals surface area contributed by atoms with Crippen LogP contribution in [-0.2, 0) is 0 Å². The van der Waals surface area contributed by atoms with Crippen LogP contribution in [0.5, 0.6) is 11.5 Å². The lowest BCUT2D eigenvalue weighted by atomic mass is 9.54. The molecule has 0 aliphatic heterocycles. The summed E-state index contributed by atoms with van der Waals surface area (Å²) >= 11 is 0. The highest BCUT2D eigenvalue weighted by Crippen LogP contribution is 2.26. The van der Waals surface area contributed by atoms with Crippen LogP contribution in [0, 0.1) is 0 Å². The van der Waals surface area contributed by atoms with E-state index in [0.29, 0.717) is 0 Å². The number of fused-ring (bicyclic) bond motifs is 2. The molecule has 0 unspecified atom stereocenters. The maximum atomic E-state index is 11.2. The quantitative estimate of drug-likeness (QED) is 0.579. The Balaban J connectivity index is 1.94. The van der Waals surface area contributed by atoms with E-state index in [0.717, 1.165) is 44.0 Å². The highest BCUT2D eigenvalue weighted by molar-refractivity contribution is 6.82. The summed E-state index contributed by atoms with van der Waals surface area (Å²) < 4.78 is 10.9. The summed E-state index contributed by atoms with van der Waals surface area (Å²) in [5, 5.41) is 15.2. The van der Waals surface area contributed by atoms with Gasteiger partial charge in [-0.1, -0.05) is 60.7 Å². The lowest BCUT2D eigenvalue weighted by molar-refractivity contribution is 0.420. The minimum absolute atomic E-state index is 0.749. The summed E-state index contributed by atoms with van der Waals surface area (Å²) in [6.07, 6.45) is 0. The van der Waals surface area contributed by atoms with Gasteiger partial charge in [0.15, 0.2) is 0 Å². The molecule has 0 atom stereocenters. The van der Waals surface area contributed by atoms with Crippen molar-refractivity contribution in [3.05, 3.63) is 72.8 Å². The fraction of sp³-hybridized carbons (Fsp3) is 0.0909. The van der Waals surface area contributed by atoms with Crippen molar-refractivity contribution in [1.82, 2.24) is 0 Å². The Hall–Kier alpha value is -2.98. The number of hydrogen-bond donors (Lipinski definition) is 1. The third-order valence-electron chi connectivity index (χ3n) is 4.86. The minimum Gasteiger partial charge on any atom is -0.496 e. The fourth-order valence-electron chi connectivity index (χ4n) is 3.59. The first kappa shape index (κ1) is 16.5. The van der Waals surface area contributed by atoms with Gasteiger partial charge in [0.25, 0.3) is 0 Å². The predicted octanol–water partition coefficient (Wildman–Crippen LogP) is 3.11. The molecule has 26 heavy (non-hydrogen) atoms. The van der Waals surface area contributed by atoms with Gasteiger partial charge < -0.3 is 14.5 Å². The molecule has 128 valence electrons. The number of ether oxygens (including phenoxy) is 2. The van der Waals surface area contributed by atoms with E-state index in [1.807, 2.05) is 72.8 Å². The van der Waals surface area contributed by atoms with Gasteiger partial charge in [-0.25, -0.2) is 0 Å². The third-order valence-corrected chi connectivity index (χ3v) is 4.86. The molecule has 4 rings (SSSR count). The fourth-order valence-corrected chi connectivity index (χ4v) is 3.59. The van der Waals surface area contributed by atoms with Crippen molar-refractivity contribution in [2.24, 2.45) is 0 Å². The first-order chi connectivity index (χ1) is 12.7. The van der Waals surface area contributed by atoms with Gasteiger partial charge in [-0.15, -0.1) is 0 Å². The highest BCUT2D eigenvalue weighted by atomic mass is 16.5. The molecule has 0 amide bonds. The molecular weight excluding hydrogens is 323 g/mol. The zero-order valence-corrected chi connectivity index (χ0v) is 14.8. The third kappa shape index (κ3) is 2.59. The van der Waals surface area contributed by atoms with Crippen LogP contribution >= 0.6 is 0 Å². The summed E-state index contributed by atoms with van der Waals surface area (Å²) in [6.45, 7) is -0.749. The molecule has 4 aromatic rings. The number of rotatable bonds is 4. The standard InChI is InChI=1S/C22H19BO3/c1-25-21-13-11-19(15-7-3-5-9-17(15)21)23(24)20-12-14-22(26-2)18-10-6-4-8-16(18)20/h3-14,24H,1-2H3. The van der Waals surface area contributed by atoms with E-state index >= 15 is 0 Å².